The summed E-state index contributed by atoms with van der Waals surface area (Å²) >= 11 is 0. The van der Waals surface area contributed by atoms with Gasteiger partial charge in [0.1, 0.15) is 5.52 Å². The van der Waals surface area contributed by atoms with E-state index in [0.29, 0.717) is 43.3 Å². The van der Waals surface area contributed by atoms with Crippen LogP contribution in [-0.4, -0.2) is 63.6 Å². The van der Waals surface area contributed by atoms with Crippen molar-refractivity contribution in [2.24, 2.45) is 0 Å². The summed E-state index contributed by atoms with van der Waals surface area (Å²) in [7, 11) is 0. The van der Waals surface area contributed by atoms with Crippen LogP contribution in [-0.2, 0) is 16.0 Å². The molecule has 1 aromatic carbocycles. The molecule has 0 aliphatic carbocycles. The molecule has 0 saturated carbocycles. The Kier molecular flexibility index (Phi) is 5.96. The van der Waals surface area contributed by atoms with Gasteiger partial charge in [-0.25, -0.2) is 14.6 Å². The zero-order valence-electron chi connectivity index (χ0n) is 18.5. The highest BCUT2D eigenvalue weighted by molar-refractivity contribution is 5.87. The monoisotopic (exact) mass is 472 g/mol. The van der Waals surface area contributed by atoms with Gasteiger partial charge in [0.2, 0.25) is 0 Å². The van der Waals surface area contributed by atoms with Gasteiger partial charge in [-0.3, -0.25) is 4.74 Å². The summed E-state index contributed by atoms with van der Waals surface area (Å²) in [5.74, 6) is 0.548. The average Bonchev–Trinajstić information content (AvgIpc) is 3.46. The summed E-state index contributed by atoms with van der Waals surface area (Å²) in [6.45, 7) is 3.97. The van der Waals surface area contributed by atoms with Crippen LogP contribution < -0.4 is 4.90 Å². The molecule has 1 saturated heterocycles. The van der Waals surface area contributed by atoms with Gasteiger partial charge < -0.3 is 14.2 Å². The zero-order chi connectivity index (χ0) is 23.7. The first-order chi connectivity index (χ1) is 16.4. The molecule has 1 aliphatic rings. The quantitative estimate of drug-likeness (QED) is 0.423. The lowest BCUT2D eigenvalue weighted by molar-refractivity contribution is -0.325. The van der Waals surface area contributed by atoms with Crippen LogP contribution in [0.15, 0.2) is 48.9 Å². The standard InChI is InChI=1S/C23H23F3N6O2/c1-16-3-2-4-17(13-16)18-5-6-32(29-18)20-14-19(30-7-10-33-11-8-30)21-22(28-20)31(15-27-21)9-12-34-23(24,25)26/h2-6,13-15H,7-12H2,1H3. The number of aryl methyl sites for hydroxylation is 1. The van der Waals surface area contributed by atoms with Crippen molar-refractivity contribution in [2.75, 3.05) is 37.8 Å². The van der Waals surface area contributed by atoms with Crippen molar-refractivity contribution in [3.63, 3.8) is 0 Å². The fourth-order valence-electron chi connectivity index (χ4n) is 4.00. The second-order valence-corrected chi connectivity index (χ2v) is 8.02. The predicted molar refractivity (Wildman–Crippen MR) is 120 cm³/mol. The molecule has 0 spiro atoms. The molecule has 0 N–H and O–H groups in total. The number of hydrogen-bond acceptors (Lipinski definition) is 6. The van der Waals surface area contributed by atoms with Crippen LogP contribution in [0.1, 0.15) is 5.56 Å². The van der Waals surface area contributed by atoms with E-state index >= 15 is 0 Å². The third-order valence-corrected chi connectivity index (χ3v) is 5.63. The molecular formula is C23H23F3N6O2. The van der Waals surface area contributed by atoms with E-state index < -0.39 is 13.0 Å². The van der Waals surface area contributed by atoms with Crippen LogP contribution in [0, 0.1) is 6.92 Å². The molecule has 178 valence electrons. The second kappa shape index (κ2) is 9.07. The average molecular weight is 472 g/mol. The van der Waals surface area contributed by atoms with Crippen molar-refractivity contribution in [1.82, 2.24) is 24.3 Å². The Balaban J connectivity index is 1.54. The Hall–Kier alpha value is -3.44. The highest BCUT2D eigenvalue weighted by Crippen LogP contribution is 2.29. The minimum atomic E-state index is -4.69. The Bertz CT molecular complexity index is 1290. The van der Waals surface area contributed by atoms with Crippen LogP contribution in [0.5, 0.6) is 0 Å². The number of anilines is 1. The summed E-state index contributed by atoms with van der Waals surface area (Å²) < 4.78 is 50.1. The molecule has 0 amide bonds. The van der Waals surface area contributed by atoms with Gasteiger partial charge in [0.05, 0.1) is 37.5 Å². The molecule has 5 rings (SSSR count). The number of fused-ring (bicyclic) bond motifs is 1. The number of pyridine rings is 1. The van der Waals surface area contributed by atoms with Gasteiger partial charge in [0.15, 0.2) is 11.5 Å². The van der Waals surface area contributed by atoms with E-state index in [-0.39, 0.29) is 6.54 Å². The van der Waals surface area contributed by atoms with Crippen molar-refractivity contribution in [3.05, 3.63) is 54.5 Å². The summed E-state index contributed by atoms with van der Waals surface area (Å²) in [6, 6.07) is 11.9. The van der Waals surface area contributed by atoms with Gasteiger partial charge in [-0.15, -0.1) is 13.2 Å². The van der Waals surface area contributed by atoms with Crippen LogP contribution in [0.3, 0.4) is 0 Å². The number of alkyl halides is 3. The van der Waals surface area contributed by atoms with E-state index in [2.05, 4.69) is 20.7 Å². The van der Waals surface area contributed by atoms with Crippen molar-refractivity contribution < 1.29 is 22.6 Å². The molecule has 8 nitrogen and oxygen atoms in total. The maximum absolute atomic E-state index is 12.5. The first-order valence-electron chi connectivity index (χ1n) is 10.9. The first-order valence-corrected chi connectivity index (χ1v) is 10.9. The number of aromatic nitrogens is 5. The summed E-state index contributed by atoms with van der Waals surface area (Å²) in [4.78, 5) is 11.3. The largest absolute Gasteiger partial charge is 0.522 e. The maximum Gasteiger partial charge on any atom is 0.522 e. The Morgan fingerprint density at radius 2 is 1.94 bits per heavy atom. The smallest absolute Gasteiger partial charge is 0.378 e. The Morgan fingerprint density at radius 1 is 1.12 bits per heavy atom. The minimum absolute atomic E-state index is 0.0390. The number of hydrogen-bond donors (Lipinski definition) is 0. The number of nitrogens with zero attached hydrogens (tertiary/aromatic N) is 6. The minimum Gasteiger partial charge on any atom is -0.378 e. The molecule has 11 heteroatoms. The normalized spacial score (nSPS) is 14.8. The summed E-state index contributed by atoms with van der Waals surface area (Å²) in [5.41, 5.74) is 4.84. The van der Waals surface area contributed by atoms with Gasteiger partial charge in [0, 0.05) is 37.5 Å². The van der Waals surface area contributed by atoms with E-state index in [1.165, 1.54) is 6.33 Å². The lowest BCUT2D eigenvalue weighted by Crippen LogP contribution is -2.36. The fraction of sp³-hybridized carbons (Fsp3) is 0.348. The van der Waals surface area contributed by atoms with Crippen molar-refractivity contribution >= 4 is 16.9 Å². The number of morpholine rings is 1. The molecule has 4 heterocycles. The van der Waals surface area contributed by atoms with Crippen LogP contribution >= 0.6 is 0 Å². The molecule has 1 fully saturated rings. The Morgan fingerprint density at radius 3 is 2.71 bits per heavy atom. The van der Waals surface area contributed by atoms with Crippen LogP contribution in [0.25, 0.3) is 28.2 Å². The third kappa shape index (κ3) is 4.75. The van der Waals surface area contributed by atoms with E-state index in [1.54, 1.807) is 9.25 Å². The first kappa shape index (κ1) is 22.4. The molecule has 4 aromatic rings. The van der Waals surface area contributed by atoms with Crippen molar-refractivity contribution in [1.29, 1.82) is 0 Å². The number of halogens is 3. The van der Waals surface area contributed by atoms with Gasteiger partial charge in [-0.05, 0) is 19.1 Å². The molecule has 0 bridgehead atoms. The number of ether oxygens (including phenoxy) is 2. The molecule has 3 aromatic heterocycles. The van der Waals surface area contributed by atoms with Crippen molar-refractivity contribution in [2.45, 2.75) is 19.8 Å². The summed E-state index contributed by atoms with van der Waals surface area (Å²) in [5, 5.41) is 4.70. The van der Waals surface area contributed by atoms with Crippen LogP contribution in [0.4, 0.5) is 18.9 Å². The lowest BCUT2D eigenvalue weighted by Gasteiger charge is -2.29. The number of imidazole rings is 1. The van der Waals surface area contributed by atoms with Gasteiger partial charge in [-0.2, -0.15) is 5.10 Å². The fourth-order valence-corrected chi connectivity index (χ4v) is 4.00. The van der Waals surface area contributed by atoms with Gasteiger partial charge in [-0.1, -0.05) is 23.8 Å². The van der Waals surface area contributed by atoms with Gasteiger partial charge in [0.25, 0.3) is 0 Å². The molecule has 0 atom stereocenters. The van der Waals surface area contributed by atoms with Crippen molar-refractivity contribution in [3.8, 4) is 17.1 Å². The van der Waals surface area contributed by atoms with E-state index in [1.807, 2.05) is 43.5 Å². The van der Waals surface area contributed by atoms with E-state index in [0.717, 1.165) is 22.5 Å². The highest BCUT2D eigenvalue weighted by Gasteiger charge is 2.29. The highest BCUT2D eigenvalue weighted by atomic mass is 19.4. The van der Waals surface area contributed by atoms with E-state index in [4.69, 9.17) is 14.8 Å². The zero-order valence-corrected chi connectivity index (χ0v) is 18.5. The molecule has 0 radical (unpaired) electrons. The number of rotatable bonds is 6. The maximum atomic E-state index is 12.5. The number of benzene rings is 1. The molecule has 1 aliphatic heterocycles. The summed E-state index contributed by atoms with van der Waals surface area (Å²) in [6.07, 6.45) is -1.37. The molecular weight excluding hydrogens is 449 g/mol. The SMILES string of the molecule is Cc1cccc(-c2ccn(-c3cc(N4CCOCC4)c4ncn(CCOC(F)(F)F)c4n3)n2)c1. The Labute approximate surface area is 193 Å². The van der Waals surface area contributed by atoms with Crippen LogP contribution in [0.2, 0.25) is 0 Å². The van der Waals surface area contributed by atoms with E-state index in [9.17, 15) is 13.2 Å². The predicted octanol–water partition coefficient (Wildman–Crippen LogP) is 3.97. The topological polar surface area (TPSA) is 70.2 Å². The molecule has 34 heavy (non-hydrogen) atoms. The lowest BCUT2D eigenvalue weighted by atomic mass is 10.1. The molecule has 0 unspecified atom stereocenters. The second-order valence-electron chi connectivity index (χ2n) is 8.02. The van der Waals surface area contributed by atoms with Gasteiger partial charge >= 0.3 is 6.36 Å². The third-order valence-electron chi connectivity index (χ3n) is 5.63.